The normalized spacial score (nSPS) is 16.2. The van der Waals surface area contributed by atoms with E-state index in [0.29, 0.717) is 6.04 Å². The van der Waals surface area contributed by atoms with Gasteiger partial charge in [0.1, 0.15) is 17.5 Å². The molecule has 1 aromatic rings. The largest absolute Gasteiger partial charge is 0.307 e. The second kappa shape index (κ2) is 3.38. The lowest BCUT2D eigenvalue weighted by Gasteiger charge is -2.02. The van der Waals surface area contributed by atoms with Gasteiger partial charge in [-0.3, -0.25) is 0 Å². The summed E-state index contributed by atoms with van der Waals surface area (Å²) < 4.78 is 0. The maximum Gasteiger partial charge on any atom is 0.146 e. The van der Waals surface area contributed by atoms with Crippen molar-refractivity contribution >= 4 is 0 Å². The molecule has 4 nitrogen and oxygen atoms in total. The zero-order valence-electron chi connectivity index (χ0n) is 8.04. The van der Waals surface area contributed by atoms with Crippen molar-refractivity contribution in [2.75, 3.05) is 0 Å². The molecule has 0 unspecified atom stereocenters. The molecule has 70 valence electrons. The van der Waals surface area contributed by atoms with Gasteiger partial charge in [-0.25, -0.2) is 15.0 Å². The number of aromatic nitrogens is 3. The monoisotopic (exact) mass is 178 g/mol. The zero-order chi connectivity index (χ0) is 9.26. The third-order valence-corrected chi connectivity index (χ3v) is 2.03. The highest BCUT2D eigenvalue weighted by Gasteiger charge is 2.20. The van der Waals surface area contributed by atoms with Crippen molar-refractivity contribution in [3.8, 4) is 0 Å². The van der Waals surface area contributed by atoms with E-state index in [9.17, 15) is 0 Å². The Labute approximate surface area is 77.8 Å². The van der Waals surface area contributed by atoms with Crippen LogP contribution in [0.2, 0.25) is 0 Å². The van der Waals surface area contributed by atoms with E-state index in [1.54, 1.807) is 0 Å². The molecule has 0 amide bonds. The number of nitrogens with one attached hydrogen (secondary N) is 1. The first-order valence-corrected chi connectivity index (χ1v) is 4.65. The van der Waals surface area contributed by atoms with Gasteiger partial charge < -0.3 is 5.32 Å². The van der Waals surface area contributed by atoms with E-state index in [-0.39, 0.29) is 0 Å². The van der Waals surface area contributed by atoms with Gasteiger partial charge in [-0.2, -0.15) is 0 Å². The van der Waals surface area contributed by atoms with E-state index in [2.05, 4.69) is 20.3 Å². The van der Waals surface area contributed by atoms with Crippen molar-refractivity contribution in [1.29, 1.82) is 0 Å². The van der Waals surface area contributed by atoms with Crippen molar-refractivity contribution in [2.45, 2.75) is 39.3 Å². The topological polar surface area (TPSA) is 50.7 Å². The summed E-state index contributed by atoms with van der Waals surface area (Å²) in [6.45, 7) is 4.57. The highest BCUT2D eigenvalue weighted by atomic mass is 15.1. The fraction of sp³-hybridized carbons (Fsp3) is 0.667. The highest BCUT2D eigenvalue weighted by molar-refractivity contribution is 4.95. The third-order valence-electron chi connectivity index (χ3n) is 2.03. The molecule has 1 aliphatic rings. The maximum atomic E-state index is 4.25. The minimum Gasteiger partial charge on any atom is -0.307 e. The van der Waals surface area contributed by atoms with Crippen molar-refractivity contribution in [3.63, 3.8) is 0 Å². The van der Waals surface area contributed by atoms with Crippen LogP contribution in [0.5, 0.6) is 0 Å². The number of hydrogen-bond donors (Lipinski definition) is 1. The van der Waals surface area contributed by atoms with E-state index in [1.807, 2.05) is 13.8 Å². The molecule has 1 heterocycles. The summed E-state index contributed by atoms with van der Waals surface area (Å²) in [6.07, 6.45) is 2.59. The molecule has 0 aromatic carbocycles. The summed E-state index contributed by atoms with van der Waals surface area (Å²) >= 11 is 0. The Balaban J connectivity index is 2.01. The smallest absolute Gasteiger partial charge is 0.146 e. The molecule has 1 aliphatic carbocycles. The summed E-state index contributed by atoms with van der Waals surface area (Å²) in [5, 5.41) is 3.37. The fourth-order valence-corrected chi connectivity index (χ4v) is 1.28. The molecule has 1 saturated carbocycles. The molecule has 2 rings (SSSR count). The zero-order valence-corrected chi connectivity index (χ0v) is 8.04. The van der Waals surface area contributed by atoms with Crippen LogP contribution in [0.3, 0.4) is 0 Å². The Kier molecular flexibility index (Phi) is 2.22. The average molecular weight is 178 g/mol. The summed E-state index contributed by atoms with van der Waals surface area (Å²) in [5.41, 5.74) is 0. The predicted octanol–water partition coefficient (Wildman–Crippen LogP) is 0.740. The van der Waals surface area contributed by atoms with Crippen LogP contribution < -0.4 is 5.32 Å². The van der Waals surface area contributed by atoms with Gasteiger partial charge in [0.25, 0.3) is 0 Å². The molecule has 0 bridgehead atoms. The van der Waals surface area contributed by atoms with E-state index in [1.165, 1.54) is 12.8 Å². The quantitative estimate of drug-likeness (QED) is 0.741. The van der Waals surface area contributed by atoms with E-state index < -0.39 is 0 Å². The highest BCUT2D eigenvalue weighted by Crippen LogP contribution is 2.18. The average Bonchev–Trinajstić information content (AvgIpc) is 2.81. The minimum absolute atomic E-state index is 0.706. The molecule has 13 heavy (non-hydrogen) atoms. The first-order chi connectivity index (χ1) is 6.24. The lowest BCUT2D eigenvalue weighted by molar-refractivity contribution is 0.645. The molecule has 1 aromatic heterocycles. The van der Waals surface area contributed by atoms with Crippen LogP contribution in [0.4, 0.5) is 0 Å². The number of aryl methyl sites for hydroxylation is 2. The van der Waals surface area contributed by atoms with Crippen molar-refractivity contribution in [3.05, 3.63) is 17.5 Å². The van der Waals surface area contributed by atoms with Crippen LogP contribution in [-0.2, 0) is 6.54 Å². The van der Waals surface area contributed by atoms with Crippen LogP contribution in [0.15, 0.2) is 0 Å². The first-order valence-electron chi connectivity index (χ1n) is 4.65. The van der Waals surface area contributed by atoms with Crippen molar-refractivity contribution < 1.29 is 0 Å². The van der Waals surface area contributed by atoms with Crippen molar-refractivity contribution in [1.82, 2.24) is 20.3 Å². The first kappa shape index (κ1) is 8.56. The Morgan fingerprint density at radius 3 is 2.31 bits per heavy atom. The Bertz CT molecular complexity index is 286. The number of rotatable bonds is 3. The SMILES string of the molecule is Cc1nc(C)nc(CNC2CC2)n1. The lowest BCUT2D eigenvalue weighted by Crippen LogP contribution is -2.18. The molecule has 1 fully saturated rings. The van der Waals surface area contributed by atoms with E-state index in [0.717, 1.165) is 24.0 Å². The molecule has 4 heteroatoms. The second-order valence-electron chi connectivity index (χ2n) is 3.50. The Morgan fingerprint density at radius 1 is 1.15 bits per heavy atom. The van der Waals surface area contributed by atoms with E-state index in [4.69, 9.17) is 0 Å². The molecule has 0 aliphatic heterocycles. The van der Waals surface area contributed by atoms with Gasteiger partial charge in [-0.1, -0.05) is 0 Å². The van der Waals surface area contributed by atoms with Crippen LogP contribution in [0, 0.1) is 13.8 Å². The van der Waals surface area contributed by atoms with Crippen LogP contribution in [0.25, 0.3) is 0 Å². The standard InChI is InChI=1S/C9H14N4/c1-6-11-7(2)13-9(12-6)5-10-8-3-4-8/h8,10H,3-5H2,1-2H3. The van der Waals surface area contributed by atoms with Gasteiger partial charge in [0.15, 0.2) is 0 Å². The van der Waals surface area contributed by atoms with Crippen molar-refractivity contribution in [2.24, 2.45) is 0 Å². The minimum atomic E-state index is 0.706. The Hall–Kier alpha value is -1.03. The van der Waals surface area contributed by atoms with Gasteiger partial charge in [0, 0.05) is 6.04 Å². The van der Waals surface area contributed by atoms with Gasteiger partial charge in [0.2, 0.25) is 0 Å². The summed E-state index contributed by atoms with van der Waals surface area (Å²) in [7, 11) is 0. The molecule has 0 radical (unpaired) electrons. The van der Waals surface area contributed by atoms with Crippen LogP contribution in [0.1, 0.15) is 30.3 Å². The number of nitrogens with zero attached hydrogens (tertiary/aromatic N) is 3. The summed E-state index contributed by atoms with van der Waals surface area (Å²) in [4.78, 5) is 12.6. The van der Waals surface area contributed by atoms with Gasteiger partial charge >= 0.3 is 0 Å². The number of hydrogen-bond acceptors (Lipinski definition) is 4. The summed E-state index contributed by atoms with van der Waals surface area (Å²) in [5.74, 6) is 2.47. The summed E-state index contributed by atoms with van der Waals surface area (Å²) in [6, 6.07) is 0.706. The van der Waals surface area contributed by atoms with Gasteiger partial charge in [-0.15, -0.1) is 0 Å². The molecule has 1 N–H and O–H groups in total. The van der Waals surface area contributed by atoms with E-state index >= 15 is 0 Å². The van der Waals surface area contributed by atoms with Gasteiger partial charge in [-0.05, 0) is 26.7 Å². The molecular weight excluding hydrogens is 164 g/mol. The lowest BCUT2D eigenvalue weighted by atomic mass is 10.5. The predicted molar refractivity (Wildman–Crippen MR) is 49.2 cm³/mol. The Morgan fingerprint density at radius 2 is 1.77 bits per heavy atom. The molecule has 0 spiro atoms. The molecule has 0 saturated heterocycles. The van der Waals surface area contributed by atoms with Gasteiger partial charge in [0.05, 0.1) is 6.54 Å². The molecule has 0 atom stereocenters. The van der Waals surface area contributed by atoms with Crippen LogP contribution >= 0.6 is 0 Å². The maximum absolute atomic E-state index is 4.25. The third kappa shape index (κ3) is 2.45. The van der Waals surface area contributed by atoms with Crippen LogP contribution in [-0.4, -0.2) is 21.0 Å². The molecular formula is C9H14N4. The fourth-order valence-electron chi connectivity index (χ4n) is 1.28. The second-order valence-corrected chi connectivity index (χ2v) is 3.50.